The lowest BCUT2D eigenvalue weighted by atomic mass is 10.1. The topological polar surface area (TPSA) is 90.5 Å². The molecule has 2 amide bonds. The van der Waals surface area contributed by atoms with Gasteiger partial charge in [-0.25, -0.2) is 4.79 Å². The van der Waals surface area contributed by atoms with E-state index in [1.807, 2.05) is 0 Å². The Morgan fingerprint density at radius 1 is 1.10 bits per heavy atom. The predicted molar refractivity (Wildman–Crippen MR) is 84.5 cm³/mol. The summed E-state index contributed by atoms with van der Waals surface area (Å²) in [7, 11) is 0. The quantitative estimate of drug-likeness (QED) is 0.465. The molecule has 21 heavy (non-hydrogen) atoms. The molecule has 0 radical (unpaired) electrons. The van der Waals surface area contributed by atoms with Crippen molar-refractivity contribution in [1.29, 1.82) is 0 Å². The highest BCUT2D eigenvalue weighted by molar-refractivity contribution is 5.74. The van der Waals surface area contributed by atoms with E-state index in [0.29, 0.717) is 13.0 Å². The molecule has 0 spiro atoms. The predicted octanol–water partition coefficient (Wildman–Crippen LogP) is 2.10. The normalized spacial score (nSPS) is 12.8. The van der Waals surface area contributed by atoms with E-state index in [9.17, 15) is 9.59 Å². The largest absolute Gasteiger partial charge is 0.481 e. The summed E-state index contributed by atoms with van der Waals surface area (Å²) in [6, 6.07) is -0.349. The SMILES string of the molecule is C[C@H](CCC(=O)O)NC(=O)NCCCCCNC(C)(C)C. The van der Waals surface area contributed by atoms with E-state index in [1.165, 1.54) is 0 Å². The van der Waals surface area contributed by atoms with Crippen molar-refractivity contribution < 1.29 is 14.7 Å². The summed E-state index contributed by atoms with van der Waals surface area (Å²) in [6.07, 6.45) is 3.62. The second-order valence-corrected chi connectivity index (χ2v) is 6.47. The minimum absolute atomic E-state index is 0.0717. The maximum atomic E-state index is 11.5. The average Bonchev–Trinajstić information content (AvgIpc) is 2.33. The zero-order valence-corrected chi connectivity index (χ0v) is 13.8. The number of nitrogens with one attached hydrogen (secondary N) is 3. The van der Waals surface area contributed by atoms with Crippen molar-refractivity contribution in [2.75, 3.05) is 13.1 Å². The second-order valence-electron chi connectivity index (χ2n) is 6.47. The molecule has 0 aromatic rings. The van der Waals surface area contributed by atoms with Crippen molar-refractivity contribution in [2.45, 2.75) is 71.4 Å². The first-order valence-electron chi connectivity index (χ1n) is 7.72. The summed E-state index contributed by atoms with van der Waals surface area (Å²) in [6.45, 7) is 9.87. The number of aliphatic carboxylic acids is 1. The fourth-order valence-electron chi connectivity index (χ4n) is 1.78. The third-order valence-corrected chi connectivity index (χ3v) is 2.96. The standard InChI is InChI=1S/C15H31N3O3/c1-12(8-9-13(19)20)18-14(21)16-10-6-5-7-11-17-15(2,3)4/h12,17H,5-11H2,1-4H3,(H,19,20)(H2,16,18,21)/t12-/m1/s1. The number of carboxylic acids is 1. The van der Waals surface area contributed by atoms with E-state index in [2.05, 4.69) is 36.7 Å². The Bertz CT molecular complexity index is 314. The Morgan fingerprint density at radius 2 is 1.71 bits per heavy atom. The van der Waals surface area contributed by atoms with Gasteiger partial charge in [-0.05, 0) is 53.5 Å². The van der Waals surface area contributed by atoms with Crippen LogP contribution >= 0.6 is 0 Å². The van der Waals surface area contributed by atoms with E-state index in [0.717, 1.165) is 25.8 Å². The molecule has 0 bridgehead atoms. The summed E-state index contributed by atoms with van der Waals surface area (Å²) in [5, 5.41) is 17.5. The van der Waals surface area contributed by atoms with E-state index in [1.54, 1.807) is 6.92 Å². The second kappa shape index (κ2) is 10.4. The van der Waals surface area contributed by atoms with Gasteiger partial charge in [0, 0.05) is 24.5 Å². The third kappa shape index (κ3) is 14.9. The first kappa shape index (κ1) is 19.7. The van der Waals surface area contributed by atoms with E-state index >= 15 is 0 Å². The van der Waals surface area contributed by atoms with Crippen molar-refractivity contribution in [3.05, 3.63) is 0 Å². The van der Waals surface area contributed by atoms with Crippen LogP contribution in [0, 0.1) is 0 Å². The molecule has 6 heteroatoms. The van der Waals surface area contributed by atoms with Gasteiger partial charge in [-0.3, -0.25) is 4.79 Å². The fourth-order valence-corrected chi connectivity index (χ4v) is 1.78. The van der Waals surface area contributed by atoms with Crippen molar-refractivity contribution in [1.82, 2.24) is 16.0 Å². The van der Waals surface area contributed by atoms with Crippen molar-refractivity contribution in [3.63, 3.8) is 0 Å². The van der Waals surface area contributed by atoms with Gasteiger partial charge in [0.1, 0.15) is 0 Å². The first-order chi connectivity index (χ1) is 9.70. The fraction of sp³-hybridized carbons (Fsp3) is 0.867. The summed E-state index contributed by atoms with van der Waals surface area (Å²) < 4.78 is 0. The molecule has 1 atom stereocenters. The summed E-state index contributed by atoms with van der Waals surface area (Å²) >= 11 is 0. The van der Waals surface area contributed by atoms with Gasteiger partial charge in [0.25, 0.3) is 0 Å². The molecular formula is C15H31N3O3. The molecule has 0 heterocycles. The van der Waals surface area contributed by atoms with Gasteiger partial charge < -0.3 is 21.1 Å². The number of carbonyl (C=O) groups excluding carboxylic acids is 1. The summed E-state index contributed by atoms with van der Waals surface area (Å²) in [5.74, 6) is -0.840. The van der Waals surface area contributed by atoms with Crippen LogP contribution in [0.4, 0.5) is 4.79 Å². The molecule has 6 nitrogen and oxygen atoms in total. The Labute approximate surface area is 128 Å². The van der Waals surface area contributed by atoms with E-state index < -0.39 is 5.97 Å². The molecule has 0 rings (SSSR count). The lowest BCUT2D eigenvalue weighted by Gasteiger charge is -2.20. The molecule has 0 aliphatic heterocycles. The lowest BCUT2D eigenvalue weighted by molar-refractivity contribution is -0.137. The maximum Gasteiger partial charge on any atom is 0.314 e. The number of urea groups is 1. The van der Waals surface area contributed by atoms with Crippen LogP contribution in [-0.2, 0) is 4.79 Å². The Morgan fingerprint density at radius 3 is 2.29 bits per heavy atom. The van der Waals surface area contributed by atoms with Crippen LogP contribution in [0.3, 0.4) is 0 Å². The Hall–Kier alpha value is -1.30. The van der Waals surface area contributed by atoms with E-state index in [-0.39, 0.29) is 24.0 Å². The number of carboxylic acid groups (broad SMARTS) is 1. The van der Waals surface area contributed by atoms with Gasteiger partial charge in [-0.15, -0.1) is 0 Å². The van der Waals surface area contributed by atoms with Gasteiger partial charge in [0.05, 0.1) is 0 Å². The van der Waals surface area contributed by atoms with Gasteiger partial charge in [0.2, 0.25) is 0 Å². The number of carbonyl (C=O) groups is 2. The van der Waals surface area contributed by atoms with Gasteiger partial charge in [-0.1, -0.05) is 6.42 Å². The van der Waals surface area contributed by atoms with Crippen LogP contribution in [0.25, 0.3) is 0 Å². The van der Waals surface area contributed by atoms with E-state index in [4.69, 9.17) is 5.11 Å². The minimum Gasteiger partial charge on any atom is -0.481 e. The van der Waals surface area contributed by atoms with Crippen LogP contribution in [0.5, 0.6) is 0 Å². The van der Waals surface area contributed by atoms with Crippen molar-refractivity contribution in [2.24, 2.45) is 0 Å². The van der Waals surface area contributed by atoms with Gasteiger partial charge in [0.15, 0.2) is 0 Å². The third-order valence-electron chi connectivity index (χ3n) is 2.96. The Kier molecular flexibility index (Phi) is 9.78. The minimum atomic E-state index is -0.840. The monoisotopic (exact) mass is 301 g/mol. The molecular weight excluding hydrogens is 270 g/mol. The van der Waals surface area contributed by atoms with Crippen LogP contribution in [-0.4, -0.2) is 41.8 Å². The van der Waals surface area contributed by atoms with Crippen LogP contribution in [0.15, 0.2) is 0 Å². The number of amides is 2. The molecule has 0 aliphatic rings. The molecule has 4 N–H and O–H groups in total. The molecule has 124 valence electrons. The summed E-state index contributed by atoms with van der Waals surface area (Å²) in [5.41, 5.74) is 0.157. The number of rotatable bonds is 10. The molecule has 0 saturated heterocycles. The highest BCUT2D eigenvalue weighted by Crippen LogP contribution is 2.00. The smallest absolute Gasteiger partial charge is 0.314 e. The highest BCUT2D eigenvalue weighted by Gasteiger charge is 2.09. The van der Waals surface area contributed by atoms with Crippen molar-refractivity contribution in [3.8, 4) is 0 Å². The van der Waals surface area contributed by atoms with Gasteiger partial charge >= 0.3 is 12.0 Å². The highest BCUT2D eigenvalue weighted by atomic mass is 16.4. The van der Waals surface area contributed by atoms with Gasteiger partial charge in [-0.2, -0.15) is 0 Å². The number of unbranched alkanes of at least 4 members (excludes halogenated alkanes) is 2. The number of hydrogen-bond donors (Lipinski definition) is 4. The zero-order valence-electron chi connectivity index (χ0n) is 13.8. The van der Waals surface area contributed by atoms with Crippen LogP contribution < -0.4 is 16.0 Å². The lowest BCUT2D eigenvalue weighted by Crippen LogP contribution is -2.41. The molecule has 0 unspecified atom stereocenters. The molecule has 0 saturated carbocycles. The van der Waals surface area contributed by atoms with Crippen molar-refractivity contribution >= 4 is 12.0 Å². The summed E-state index contributed by atoms with van der Waals surface area (Å²) in [4.78, 5) is 22.0. The molecule has 0 aromatic carbocycles. The van der Waals surface area contributed by atoms with Crippen LogP contribution in [0.2, 0.25) is 0 Å². The molecule has 0 aromatic heterocycles. The number of hydrogen-bond acceptors (Lipinski definition) is 3. The zero-order chi connectivity index (χ0) is 16.3. The first-order valence-corrected chi connectivity index (χ1v) is 7.72. The molecule has 0 fully saturated rings. The average molecular weight is 301 g/mol. The molecule has 0 aliphatic carbocycles. The maximum absolute atomic E-state index is 11.5. The van der Waals surface area contributed by atoms with Crippen LogP contribution in [0.1, 0.15) is 59.8 Å². The Balaban J connectivity index is 3.47.